The molecule has 0 aliphatic carbocycles. The molecule has 23 heavy (non-hydrogen) atoms. The first-order valence-corrected chi connectivity index (χ1v) is 6.63. The molecule has 2 aromatic carbocycles. The second-order valence-electron chi connectivity index (χ2n) is 5.03. The van der Waals surface area contributed by atoms with E-state index in [2.05, 4.69) is 0 Å². The van der Waals surface area contributed by atoms with Crippen LogP contribution in [0.15, 0.2) is 28.7 Å². The van der Waals surface area contributed by atoms with Crippen molar-refractivity contribution in [3.05, 3.63) is 44.9 Å². The highest BCUT2D eigenvalue weighted by Crippen LogP contribution is 2.39. The molecule has 3 rings (SSSR count). The minimum Gasteiger partial charge on any atom is -0.507 e. The maximum Gasteiger partial charge on any atom is 0.359 e. The van der Waals surface area contributed by atoms with Gasteiger partial charge >= 0.3 is 11.5 Å². The van der Waals surface area contributed by atoms with Crippen LogP contribution in [0.25, 0.3) is 6.08 Å². The Balaban J connectivity index is 2.25. The van der Waals surface area contributed by atoms with Gasteiger partial charge in [0.1, 0.15) is 16.7 Å². The largest absolute Gasteiger partial charge is 0.507 e. The molecule has 7 nitrogen and oxygen atoms in total. The van der Waals surface area contributed by atoms with Crippen molar-refractivity contribution in [2.24, 2.45) is 0 Å². The lowest BCUT2D eigenvalue weighted by molar-refractivity contribution is 0.215. The van der Waals surface area contributed by atoms with Crippen molar-refractivity contribution in [2.45, 2.75) is 12.2 Å². The smallest absolute Gasteiger partial charge is 0.359 e. The van der Waals surface area contributed by atoms with Crippen LogP contribution >= 0.6 is 0 Å². The van der Waals surface area contributed by atoms with Crippen LogP contribution in [0.1, 0.15) is 13.0 Å². The molecule has 5 N–H and O–H groups in total. The molecular formula is C16H15O7+. The van der Waals surface area contributed by atoms with Gasteiger partial charge in [0.2, 0.25) is 5.75 Å². The molecule has 0 saturated heterocycles. The first-order chi connectivity index (χ1) is 11.2. The Hall–Kier alpha value is -2.93. The van der Waals surface area contributed by atoms with Crippen molar-refractivity contribution >= 4 is 6.08 Å². The lowest BCUT2D eigenvalue weighted by Crippen LogP contribution is -2.35. The molecule has 7 heteroatoms. The second-order valence-corrected chi connectivity index (χ2v) is 5.03. The summed E-state index contributed by atoms with van der Waals surface area (Å²) in [6, 6.07) is 4.72. The van der Waals surface area contributed by atoms with Gasteiger partial charge in [-0.3, -0.25) is 0 Å². The summed E-state index contributed by atoms with van der Waals surface area (Å²) in [6.45, 7) is 0. The molecule has 0 fully saturated rings. The van der Waals surface area contributed by atoms with E-state index in [1.807, 2.05) is 0 Å². The molecule has 2 unspecified atom stereocenters. The van der Waals surface area contributed by atoms with Gasteiger partial charge in [0.15, 0.2) is 17.6 Å². The minimum atomic E-state index is -2.28. The van der Waals surface area contributed by atoms with Crippen LogP contribution in [0.5, 0.6) is 28.7 Å². The molecule has 0 radical (unpaired) electrons. The predicted octanol–water partition coefficient (Wildman–Crippen LogP) is 0.0287. The highest BCUT2D eigenvalue weighted by molar-refractivity contribution is 5.54. The van der Waals surface area contributed by atoms with Gasteiger partial charge in [0.05, 0.1) is 20.1 Å². The van der Waals surface area contributed by atoms with E-state index in [1.54, 1.807) is 0 Å². The number of methoxy groups -OCH3 is 1. The number of phenols is 4. The molecule has 2 aromatic rings. The van der Waals surface area contributed by atoms with Gasteiger partial charge in [-0.2, -0.15) is 0 Å². The number of hydrogen-bond acceptors (Lipinski definition) is 6. The molecule has 0 saturated carbocycles. The minimum absolute atomic E-state index is 0.0564. The van der Waals surface area contributed by atoms with Crippen molar-refractivity contribution in [1.29, 1.82) is 0 Å². The zero-order chi connectivity index (χ0) is 17.6. The van der Waals surface area contributed by atoms with Crippen molar-refractivity contribution < 1.29 is 31.6 Å². The number of benzene rings is 2. The van der Waals surface area contributed by atoms with Crippen molar-refractivity contribution in [2.75, 3.05) is 7.11 Å². The maximum absolute atomic E-state index is 10.4. The third-order valence-electron chi connectivity index (χ3n) is 3.51. The first kappa shape index (κ1) is 13.7. The summed E-state index contributed by atoms with van der Waals surface area (Å²) in [5.74, 6) is -1.65. The van der Waals surface area contributed by atoms with E-state index in [1.165, 1.54) is 19.2 Å². The van der Waals surface area contributed by atoms with Crippen LogP contribution in [-0.2, 0) is 0 Å². The number of aromatic hydroxyl groups is 4. The summed E-state index contributed by atoms with van der Waals surface area (Å²) >= 11 is 0. The van der Waals surface area contributed by atoms with Gasteiger partial charge < -0.3 is 30.3 Å². The lowest BCUT2D eigenvalue weighted by Gasteiger charge is -2.13. The van der Waals surface area contributed by atoms with E-state index < -0.39 is 23.7 Å². The van der Waals surface area contributed by atoms with Gasteiger partial charge in [-0.15, -0.1) is 0 Å². The molecule has 0 bridgehead atoms. The Labute approximate surface area is 131 Å². The van der Waals surface area contributed by atoms with Crippen LogP contribution in [0, 0.1) is 0 Å². The second kappa shape index (κ2) is 5.36. The van der Waals surface area contributed by atoms with Crippen molar-refractivity contribution in [3.8, 4) is 28.7 Å². The molecule has 0 amide bonds. The summed E-state index contributed by atoms with van der Waals surface area (Å²) < 4.78 is 18.6. The van der Waals surface area contributed by atoms with E-state index in [-0.39, 0.29) is 33.5 Å². The van der Waals surface area contributed by atoms with Crippen LogP contribution in [0.4, 0.5) is 0 Å². The molecule has 120 valence electrons. The number of phenolic OH excluding ortho intramolecular Hbond substituents is 4. The van der Waals surface area contributed by atoms with E-state index in [0.717, 1.165) is 18.2 Å². The number of rotatable bonds is 2. The highest BCUT2D eigenvalue weighted by atomic mass is 16.5. The maximum atomic E-state index is 10.4. The molecule has 0 aromatic heterocycles. The number of fused-ring (bicyclic) bond motifs is 1. The molecule has 0 spiro atoms. The number of ether oxygens (including phenoxy) is 1. The average molecular weight is 320 g/mol. The SMILES string of the molecule is [2H]C1(O)C=c2c(O)cc(O)cc2=[O+]C1c1cc(O)c(O)c(OC)c1. The Bertz CT molecular complexity index is 936. The molecule has 2 atom stereocenters. The standard InChI is InChI=1S/C16H14O7/c1-22-14-3-7(2-11(19)15(14)21)16-12(20)6-9-10(18)4-8(17)5-13(9)23-16/h2-6,12,16,20H,1H3,(H3-,17,18,19,21)/p+1/i12D. The summed E-state index contributed by atoms with van der Waals surface area (Å²) in [7, 11) is 1.28. The lowest BCUT2D eigenvalue weighted by atomic mass is 10.0. The van der Waals surface area contributed by atoms with Crippen LogP contribution < -0.4 is 15.4 Å². The fraction of sp³-hybridized carbons (Fsp3) is 0.188. The van der Waals surface area contributed by atoms with E-state index in [0.29, 0.717) is 0 Å². The number of hydrogen-bond donors (Lipinski definition) is 5. The van der Waals surface area contributed by atoms with Crippen LogP contribution in [0.3, 0.4) is 0 Å². The van der Waals surface area contributed by atoms with Crippen molar-refractivity contribution in [1.82, 2.24) is 0 Å². The summed E-state index contributed by atoms with van der Waals surface area (Å²) in [4.78, 5) is 0. The Kier molecular flexibility index (Phi) is 3.20. The van der Waals surface area contributed by atoms with E-state index in [4.69, 9.17) is 10.5 Å². The van der Waals surface area contributed by atoms with E-state index in [9.17, 15) is 25.5 Å². The normalized spacial score (nSPS) is 23.2. The molecule has 1 aliphatic heterocycles. The summed E-state index contributed by atoms with van der Waals surface area (Å²) in [5, 5.41) is 49.3. The fourth-order valence-corrected chi connectivity index (χ4v) is 2.41. The summed E-state index contributed by atoms with van der Waals surface area (Å²) in [5.41, 5.74) is 0.213. The topological polar surface area (TPSA) is 122 Å². The fourth-order valence-electron chi connectivity index (χ4n) is 2.41. The average Bonchev–Trinajstić information content (AvgIpc) is 2.50. The van der Waals surface area contributed by atoms with Gasteiger partial charge in [0.25, 0.3) is 0 Å². The third kappa shape index (κ3) is 2.51. The number of aliphatic hydroxyl groups is 1. The molecule has 1 aliphatic rings. The predicted molar refractivity (Wildman–Crippen MR) is 80.8 cm³/mol. The zero-order valence-electron chi connectivity index (χ0n) is 13.0. The first-order valence-electron chi connectivity index (χ1n) is 7.13. The Morgan fingerprint density at radius 1 is 1.09 bits per heavy atom. The van der Waals surface area contributed by atoms with Gasteiger partial charge in [-0.25, -0.2) is 4.42 Å². The quantitative estimate of drug-likeness (QED) is 0.393. The highest BCUT2D eigenvalue weighted by Gasteiger charge is 2.34. The van der Waals surface area contributed by atoms with Gasteiger partial charge in [-0.05, 0) is 18.2 Å². The Morgan fingerprint density at radius 3 is 2.52 bits per heavy atom. The van der Waals surface area contributed by atoms with E-state index >= 15 is 0 Å². The van der Waals surface area contributed by atoms with Crippen LogP contribution in [-0.4, -0.2) is 38.7 Å². The van der Waals surface area contributed by atoms with Gasteiger partial charge in [0, 0.05) is 6.07 Å². The molecule has 1 heterocycles. The van der Waals surface area contributed by atoms with Crippen LogP contribution in [0.2, 0.25) is 0 Å². The third-order valence-corrected chi connectivity index (χ3v) is 3.51. The molecular weight excluding hydrogens is 304 g/mol. The van der Waals surface area contributed by atoms with Crippen molar-refractivity contribution in [3.63, 3.8) is 0 Å². The zero-order valence-corrected chi connectivity index (χ0v) is 12.0. The summed E-state index contributed by atoms with van der Waals surface area (Å²) in [6.07, 6.45) is -2.51. The Morgan fingerprint density at radius 2 is 1.83 bits per heavy atom. The van der Waals surface area contributed by atoms with Gasteiger partial charge in [-0.1, -0.05) is 0 Å². The monoisotopic (exact) mass is 320 g/mol.